The van der Waals surface area contributed by atoms with Crippen molar-refractivity contribution < 1.29 is 23.9 Å². The zero-order valence-electron chi connectivity index (χ0n) is 18.8. The van der Waals surface area contributed by atoms with Crippen LogP contribution in [0.25, 0.3) is 0 Å². The highest BCUT2D eigenvalue weighted by molar-refractivity contribution is 5.90. The van der Waals surface area contributed by atoms with E-state index in [1.807, 2.05) is 13.0 Å². The Kier molecular flexibility index (Phi) is 9.66. The summed E-state index contributed by atoms with van der Waals surface area (Å²) in [7, 11) is 1.32. The van der Waals surface area contributed by atoms with E-state index >= 15 is 0 Å². The van der Waals surface area contributed by atoms with Gasteiger partial charge >= 0.3 is 12.1 Å². The van der Waals surface area contributed by atoms with E-state index in [0.29, 0.717) is 18.9 Å². The van der Waals surface area contributed by atoms with Crippen LogP contribution in [-0.2, 0) is 19.1 Å². The second kappa shape index (κ2) is 11.2. The van der Waals surface area contributed by atoms with Crippen LogP contribution in [0.4, 0.5) is 4.79 Å². The van der Waals surface area contributed by atoms with Gasteiger partial charge in [-0.2, -0.15) is 0 Å². The number of carbonyl (C=O) groups is 3. The first kappa shape index (κ1) is 25.0. The molecule has 1 aliphatic rings. The SMILES string of the molecule is C=CCCC(C)C[C@@H](C)[C@@H](NC(=O)OC(C)(C)C)C(=O)N1CCC[C@H]1C(=O)OC. The van der Waals surface area contributed by atoms with E-state index in [1.165, 1.54) is 7.11 Å². The highest BCUT2D eigenvalue weighted by Crippen LogP contribution is 2.25. The van der Waals surface area contributed by atoms with Gasteiger partial charge in [-0.1, -0.05) is 19.9 Å². The molecule has 166 valence electrons. The number of likely N-dealkylation sites (tertiary alicyclic amines) is 1. The molecule has 1 unspecified atom stereocenters. The van der Waals surface area contributed by atoms with Crippen molar-refractivity contribution in [2.24, 2.45) is 11.8 Å². The molecule has 7 heteroatoms. The standard InChI is InChI=1S/C22H38N2O5/c1-8-9-11-15(2)14-16(3)18(23-21(27)29-22(4,5)6)19(25)24-13-10-12-17(24)20(26)28-7/h8,15-18H,1,9-14H2,2-7H3,(H,23,27)/t15?,16-,17+,18-/m1/s1. The van der Waals surface area contributed by atoms with Crippen LogP contribution in [-0.4, -0.2) is 54.2 Å². The van der Waals surface area contributed by atoms with Gasteiger partial charge in [0.15, 0.2) is 0 Å². The summed E-state index contributed by atoms with van der Waals surface area (Å²) < 4.78 is 10.2. The lowest BCUT2D eigenvalue weighted by Crippen LogP contribution is -2.55. The molecule has 0 aromatic rings. The summed E-state index contributed by atoms with van der Waals surface area (Å²) >= 11 is 0. The number of nitrogens with one attached hydrogen (secondary N) is 1. The van der Waals surface area contributed by atoms with E-state index in [-0.39, 0.29) is 11.8 Å². The van der Waals surface area contributed by atoms with Crippen LogP contribution in [0.3, 0.4) is 0 Å². The highest BCUT2D eigenvalue weighted by atomic mass is 16.6. The lowest BCUT2D eigenvalue weighted by atomic mass is 9.88. The van der Waals surface area contributed by atoms with Crippen LogP contribution in [0.1, 0.15) is 66.7 Å². The lowest BCUT2D eigenvalue weighted by Gasteiger charge is -2.32. The molecule has 0 saturated carbocycles. The lowest BCUT2D eigenvalue weighted by molar-refractivity contribution is -0.152. The van der Waals surface area contributed by atoms with Gasteiger partial charge in [0.1, 0.15) is 17.7 Å². The first-order chi connectivity index (χ1) is 13.5. The molecule has 1 heterocycles. The molecule has 1 rings (SSSR count). The predicted octanol–water partition coefficient (Wildman–Crippen LogP) is 3.67. The normalized spacial score (nSPS) is 19.8. The average molecular weight is 411 g/mol. The van der Waals surface area contributed by atoms with Gasteiger partial charge in [0.25, 0.3) is 0 Å². The molecule has 1 saturated heterocycles. The van der Waals surface area contributed by atoms with E-state index in [4.69, 9.17) is 9.47 Å². The smallest absolute Gasteiger partial charge is 0.408 e. The Morgan fingerprint density at radius 2 is 1.93 bits per heavy atom. The van der Waals surface area contributed by atoms with Crippen molar-refractivity contribution in [3.05, 3.63) is 12.7 Å². The molecule has 0 spiro atoms. The molecule has 7 nitrogen and oxygen atoms in total. The van der Waals surface area contributed by atoms with Gasteiger partial charge in [-0.25, -0.2) is 9.59 Å². The molecule has 1 fully saturated rings. The summed E-state index contributed by atoms with van der Waals surface area (Å²) in [5.74, 6) is -0.423. The Morgan fingerprint density at radius 3 is 2.48 bits per heavy atom. The summed E-state index contributed by atoms with van der Waals surface area (Å²) in [6.07, 6.45) is 5.19. The van der Waals surface area contributed by atoms with Crippen LogP contribution < -0.4 is 5.32 Å². The van der Waals surface area contributed by atoms with Crippen molar-refractivity contribution in [1.82, 2.24) is 10.2 Å². The maximum absolute atomic E-state index is 13.3. The van der Waals surface area contributed by atoms with Gasteiger partial charge in [0.2, 0.25) is 5.91 Å². The first-order valence-corrected chi connectivity index (χ1v) is 10.5. The number of nitrogens with zero attached hydrogens (tertiary/aromatic N) is 1. The third kappa shape index (κ3) is 8.07. The van der Waals surface area contributed by atoms with Crippen molar-refractivity contribution >= 4 is 18.0 Å². The quantitative estimate of drug-likeness (QED) is 0.463. The molecule has 2 amide bonds. The van der Waals surface area contributed by atoms with Crippen molar-refractivity contribution in [1.29, 1.82) is 0 Å². The zero-order chi connectivity index (χ0) is 22.2. The van der Waals surface area contributed by atoms with E-state index in [1.54, 1.807) is 25.7 Å². The molecule has 29 heavy (non-hydrogen) atoms. The number of ether oxygens (including phenoxy) is 2. The van der Waals surface area contributed by atoms with Crippen molar-refractivity contribution in [2.75, 3.05) is 13.7 Å². The number of rotatable bonds is 9. The minimum Gasteiger partial charge on any atom is -0.467 e. The van der Waals surface area contributed by atoms with Crippen LogP contribution in [0.5, 0.6) is 0 Å². The summed E-state index contributed by atoms with van der Waals surface area (Å²) in [4.78, 5) is 39.4. The van der Waals surface area contributed by atoms with Crippen molar-refractivity contribution in [3.8, 4) is 0 Å². The van der Waals surface area contributed by atoms with Crippen LogP contribution in [0, 0.1) is 11.8 Å². The predicted molar refractivity (Wildman–Crippen MR) is 112 cm³/mol. The number of hydrogen-bond donors (Lipinski definition) is 1. The summed E-state index contributed by atoms with van der Waals surface area (Å²) in [6.45, 7) is 13.6. The van der Waals surface area contributed by atoms with Gasteiger partial charge in [-0.05, 0) is 64.7 Å². The van der Waals surface area contributed by atoms with Gasteiger partial charge in [-0.15, -0.1) is 6.58 Å². The molecular formula is C22H38N2O5. The molecule has 1 aliphatic heterocycles. The molecule has 0 aromatic carbocycles. The van der Waals surface area contributed by atoms with E-state index in [0.717, 1.165) is 25.7 Å². The van der Waals surface area contributed by atoms with Gasteiger partial charge in [0, 0.05) is 6.54 Å². The average Bonchev–Trinajstić information content (AvgIpc) is 3.11. The largest absolute Gasteiger partial charge is 0.467 e. The minimum atomic E-state index is -0.763. The fourth-order valence-electron chi connectivity index (χ4n) is 3.76. The second-order valence-electron chi connectivity index (χ2n) is 9.02. The third-order valence-electron chi connectivity index (χ3n) is 5.15. The van der Waals surface area contributed by atoms with Gasteiger partial charge in [-0.3, -0.25) is 4.79 Å². The van der Waals surface area contributed by atoms with Gasteiger partial charge in [0.05, 0.1) is 7.11 Å². The monoisotopic (exact) mass is 410 g/mol. The number of allylic oxidation sites excluding steroid dienone is 1. The van der Waals surface area contributed by atoms with Gasteiger partial charge < -0.3 is 19.7 Å². The second-order valence-corrected chi connectivity index (χ2v) is 9.02. The topological polar surface area (TPSA) is 84.9 Å². The Morgan fingerprint density at radius 1 is 1.28 bits per heavy atom. The number of alkyl carbamates (subject to hydrolysis) is 1. The number of esters is 1. The van der Waals surface area contributed by atoms with Crippen LogP contribution >= 0.6 is 0 Å². The molecule has 4 atom stereocenters. The molecule has 0 radical (unpaired) electrons. The van der Waals surface area contributed by atoms with E-state index in [2.05, 4.69) is 18.8 Å². The third-order valence-corrected chi connectivity index (χ3v) is 5.15. The van der Waals surface area contributed by atoms with Crippen LogP contribution in [0.2, 0.25) is 0 Å². The summed E-state index contributed by atoms with van der Waals surface area (Å²) in [5, 5.41) is 2.76. The van der Waals surface area contributed by atoms with Crippen molar-refractivity contribution in [2.45, 2.75) is 84.4 Å². The molecule has 1 N–H and O–H groups in total. The first-order valence-electron chi connectivity index (χ1n) is 10.5. The summed E-state index contributed by atoms with van der Waals surface area (Å²) in [6, 6.07) is -1.36. The molecular weight excluding hydrogens is 372 g/mol. The zero-order valence-corrected chi connectivity index (χ0v) is 18.8. The molecule has 0 aromatic heterocycles. The fourth-order valence-corrected chi connectivity index (χ4v) is 3.76. The maximum Gasteiger partial charge on any atom is 0.408 e. The number of hydrogen-bond acceptors (Lipinski definition) is 5. The van der Waals surface area contributed by atoms with E-state index < -0.39 is 29.7 Å². The highest BCUT2D eigenvalue weighted by Gasteiger charge is 2.40. The Balaban J connectivity index is 2.98. The Hall–Kier alpha value is -2.05. The number of amides is 2. The summed E-state index contributed by atoms with van der Waals surface area (Å²) in [5.41, 5.74) is -0.666. The molecule has 0 aliphatic carbocycles. The van der Waals surface area contributed by atoms with Crippen LogP contribution in [0.15, 0.2) is 12.7 Å². The fraction of sp³-hybridized carbons (Fsp3) is 0.773. The Labute approximate surface area is 175 Å². The van der Waals surface area contributed by atoms with E-state index in [9.17, 15) is 14.4 Å². The van der Waals surface area contributed by atoms with Crippen molar-refractivity contribution in [3.63, 3.8) is 0 Å². The minimum absolute atomic E-state index is 0.117. The number of methoxy groups -OCH3 is 1. The Bertz CT molecular complexity index is 584. The molecule has 0 bridgehead atoms. The number of carbonyl (C=O) groups excluding carboxylic acids is 3. The maximum atomic E-state index is 13.3.